The van der Waals surface area contributed by atoms with E-state index in [0.717, 1.165) is 0 Å². The normalized spacial score (nSPS) is 15.4. The van der Waals surface area contributed by atoms with Gasteiger partial charge in [0.15, 0.2) is 0 Å². The topological polar surface area (TPSA) is 89.3 Å². The molecule has 4 nitrogen and oxygen atoms in total. The number of aliphatic hydroxyl groups excluding tert-OH is 1. The number of hydrogen-bond donors (Lipinski definition) is 3. The summed E-state index contributed by atoms with van der Waals surface area (Å²) in [5, 5.41) is 8.57. The number of primary amides is 1. The van der Waals surface area contributed by atoms with Gasteiger partial charge in [-0.15, -0.1) is 12.4 Å². The van der Waals surface area contributed by atoms with Crippen molar-refractivity contribution in [1.82, 2.24) is 0 Å². The summed E-state index contributed by atoms with van der Waals surface area (Å²) in [5.74, 6) is -0.681. The van der Waals surface area contributed by atoms with Gasteiger partial charge < -0.3 is 16.6 Å². The van der Waals surface area contributed by atoms with Crippen molar-refractivity contribution in [3.05, 3.63) is 0 Å². The third kappa shape index (κ3) is 4.20. The average Bonchev–Trinajstić information content (AvgIpc) is 1.64. The first-order valence-electron chi connectivity index (χ1n) is 2.28. The lowest BCUT2D eigenvalue weighted by molar-refractivity contribution is -0.121. The van der Waals surface area contributed by atoms with E-state index in [1.54, 1.807) is 0 Å². The summed E-state index contributed by atoms with van der Waals surface area (Å²) in [6.45, 7) is 1.41. The third-order valence-electron chi connectivity index (χ3n) is 0.848. The Kier molecular flexibility index (Phi) is 5.80. The highest BCUT2D eigenvalue weighted by Crippen LogP contribution is 1.84. The average molecular weight is 155 g/mol. The van der Waals surface area contributed by atoms with E-state index < -0.39 is 18.1 Å². The molecular formula is C4H11ClN2O2. The summed E-state index contributed by atoms with van der Waals surface area (Å²) >= 11 is 0. The van der Waals surface area contributed by atoms with E-state index in [-0.39, 0.29) is 12.4 Å². The fourth-order valence-electron chi connectivity index (χ4n) is 0.238. The van der Waals surface area contributed by atoms with Gasteiger partial charge in [-0.25, -0.2) is 0 Å². The maximum absolute atomic E-state index is 10.1. The minimum absolute atomic E-state index is 0. The van der Waals surface area contributed by atoms with E-state index in [0.29, 0.717) is 0 Å². The molecule has 5 N–H and O–H groups in total. The fraction of sp³-hybridized carbons (Fsp3) is 0.750. The molecule has 9 heavy (non-hydrogen) atoms. The predicted octanol–water partition coefficient (Wildman–Crippen LogP) is -1.40. The molecule has 0 aliphatic heterocycles. The van der Waals surface area contributed by atoms with Crippen LogP contribution in [0.25, 0.3) is 0 Å². The summed E-state index contributed by atoms with van der Waals surface area (Å²) in [4.78, 5) is 10.1. The molecule has 5 heteroatoms. The van der Waals surface area contributed by atoms with E-state index in [1.807, 2.05) is 0 Å². The molecule has 0 rings (SSSR count). The van der Waals surface area contributed by atoms with E-state index in [1.165, 1.54) is 6.92 Å². The van der Waals surface area contributed by atoms with Gasteiger partial charge in [0.2, 0.25) is 5.91 Å². The second kappa shape index (κ2) is 4.55. The molecule has 0 heterocycles. The lowest BCUT2D eigenvalue weighted by atomic mass is 10.2. The first kappa shape index (κ1) is 11.5. The maximum atomic E-state index is 10.1. The van der Waals surface area contributed by atoms with Crippen LogP contribution in [0.15, 0.2) is 0 Å². The number of hydrogen-bond acceptors (Lipinski definition) is 3. The van der Waals surface area contributed by atoms with E-state index in [4.69, 9.17) is 16.6 Å². The Labute approximate surface area is 59.6 Å². The molecule has 0 saturated heterocycles. The van der Waals surface area contributed by atoms with Crippen molar-refractivity contribution in [2.24, 2.45) is 11.5 Å². The molecule has 0 saturated carbocycles. The van der Waals surface area contributed by atoms with Crippen molar-refractivity contribution >= 4 is 18.3 Å². The van der Waals surface area contributed by atoms with E-state index in [2.05, 4.69) is 0 Å². The summed E-state index contributed by atoms with van der Waals surface area (Å²) in [7, 11) is 0. The van der Waals surface area contributed by atoms with Gasteiger partial charge in [-0.2, -0.15) is 0 Å². The van der Waals surface area contributed by atoms with Crippen molar-refractivity contribution < 1.29 is 9.90 Å². The molecule has 2 atom stereocenters. The molecular weight excluding hydrogens is 144 g/mol. The Morgan fingerprint density at radius 2 is 2.00 bits per heavy atom. The molecule has 0 fully saturated rings. The van der Waals surface area contributed by atoms with E-state index in [9.17, 15) is 4.79 Å². The molecule has 0 aromatic rings. The van der Waals surface area contributed by atoms with Crippen LogP contribution in [0, 0.1) is 0 Å². The van der Waals surface area contributed by atoms with Gasteiger partial charge in [0.05, 0.1) is 6.10 Å². The Morgan fingerprint density at radius 1 is 1.67 bits per heavy atom. The van der Waals surface area contributed by atoms with Gasteiger partial charge in [-0.05, 0) is 6.92 Å². The zero-order chi connectivity index (χ0) is 6.73. The highest BCUT2D eigenvalue weighted by molar-refractivity contribution is 5.85. The Morgan fingerprint density at radius 3 is 2.00 bits per heavy atom. The zero-order valence-corrected chi connectivity index (χ0v) is 5.89. The molecule has 0 spiro atoms. The number of amides is 1. The molecule has 0 aliphatic rings. The van der Waals surface area contributed by atoms with Gasteiger partial charge in [-0.1, -0.05) is 0 Å². The molecule has 0 radical (unpaired) electrons. The van der Waals surface area contributed by atoms with Gasteiger partial charge in [0, 0.05) is 0 Å². The maximum Gasteiger partial charge on any atom is 0.237 e. The number of halogens is 1. The van der Waals surface area contributed by atoms with Crippen molar-refractivity contribution in [2.45, 2.75) is 19.1 Å². The molecule has 0 aromatic heterocycles. The van der Waals surface area contributed by atoms with Crippen LogP contribution in [0.1, 0.15) is 6.92 Å². The van der Waals surface area contributed by atoms with Crippen molar-refractivity contribution in [3.8, 4) is 0 Å². The fourth-order valence-corrected chi connectivity index (χ4v) is 0.238. The number of nitrogens with two attached hydrogens (primary N) is 2. The van der Waals surface area contributed by atoms with Crippen molar-refractivity contribution in [2.75, 3.05) is 0 Å². The van der Waals surface area contributed by atoms with Crippen LogP contribution in [-0.2, 0) is 4.79 Å². The van der Waals surface area contributed by atoms with Crippen LogP contribution >= 0.6 is 12.4 Å². The minimum atomic E-state index is -0.935. The van der Waals surface area contributed by atoms with Gasteiger partial charge in [0.25, 0.3) is 0 Å². The highest BCUT2D eigenvalue weighted by atomic mass is 35.5. The van der Waals surface area contributed by atoms with Gasteiger partial charge in [0.1, 0.15) is 6.04 Å². The summed E-state index contributed by atoms with van der Waals surface area (Å²) in [5.41, 5.74) is 9.75. The first-order chi connectivity index (χ1) is 3.55. The SMILES string of the molecule is CC(O)[C@H](N)C(N)=O.Cl. The van der Waals surface area contributed by atoms with Crippen LogP contribution in [-0.4, -0.2) is 23.2 Å². The Hall–Kier alpha value is -0.320. The smallest absolute Gasteiger partial charge is 0.237 e. The Balaban J connectivity index is 0. The molecule has 1 amide bonds. The van der Waals surface area contributed by atoms with Crippen LogP contribution in [0.5, 0.6) is 0 Å². The second-order valence-electron chi connectivity index (χ2n) is 1.67. The largest absolute Gasteiger partial charge is 0.391 e. The van der Waals surface area contributed by atoms with Crippen molar-refractivity contribution in [3.63, 3.8) is 0 Å². The Bertz CT molecular complexity index is 96.6. The minimum Gasteiger partial charge on any atom is -0.391 e. The number of carbonyl (C=O) groups is 1. The van der Waals surface area contributed by atoms with E-state index >= 15 is 0 Å². The zero-order valence-electron chi connectivity index (χ0n) is 5.07. The summed E-state index contributed by atoms with van der Waals surface area (Å²) in [6.07, 6.45) is -0.854. The number of carbonyl (C=O) groups excluding carboxylic acids is 1. The number of rotatable bonds is 2. The standard InChI is InChI=1S/C4H10N2O2.ClH/c1-2(7)3(5)4(6)8;/h2-3,7H,5H2,1H3,(H2,6,8);1H/t2?,3-;/m0./s1. The first-order valence-corrected chi connectivity index (χ1v) is 2.28. The second-order valence-corrected chi connectivity index (χ2v) is 1.67. The quantitative estimate of drug-likeness (QED) is 0.457. The van der Waals surface area contributed by atoms with Crippen LogP contribution in [0.3, 0.4) is 0 Å². The van der Waals surface area contributed by atoms with Crippen LogP contribution in [0.4, 0.5) is 0 Å². The van der Waals surface area contributed by atoms with Crippen LogP contribution in [0.2, 0.25) is 0 Å². The predicted molar refractivity (Wildman–Crippen MR) is 36.1 cm³/mol. The van der Waals surface area contributed by atoms with Crippen LogP contribution < -0.4 is 11.5 Å². The molecule has 1 unspecified atom stereocenters. The molecule has 0 aliphatic carbocycles. The lowest BCUT2D eigenvalue weighted by Crippen LogP contribution is -2.44. The van der Waals surface area contributed by atoms with Gasteiger partial charge >= 0.3 is 0 Å². The van der Waals surface area contributed by atoms with Crippen molar-refractivity contribution in [1.29, 1.82) is 0 Å². The molecule has 0 aromatic carbocycles. The summed E-state index contributed by atoms with van der Waals surface area (Å²) < 4.78 is 0. The monoisotopic (exact) mass is 154 g/mol. The lowest BCUT2D eigenvalue weighted by Gasteiger charge is -2.08. The molecule has 56 valence electrons. The summed E-state index contributed by atoms with van der Waals surface area (Å²) in [6, 6.07) is -0.935. The highest BCUT2D eigenvalue weighted by Gasteiger charge is 2.13. The van der Waals surface area contributed by atoms with Gasteiger partial charge in [-0.3, -0.25) is 4.79 Å². The number of aliphatic hydroxyl groups is 1. The third-order valence-corrected chi connectivity index (χ3v) is 0.848. The molecule has 0 bridgehead atoms.